The predicted molar refractivity (Wildman–Crippen MR) is 67.7 cm³/mol. The van der Waals surface area contributed by atoms with Crippen molar-refractivity contribution in [3.8, 4) is 11.3 Å². The molecule has 0 unspecified atom stereocenters. The molecule has 0 radical (unpaired) electrons. The van der Waals surface area contributed by atoms with Gasteiger partial charge in [0, 0.05) is 25.7 Å². The minimum absolute atomic E-state index is 0.899. The number of rotatable bonds is 2. The van der Waals surface area contributed by atoms with Gasteiger partial charge < -0.3 is 5.32 Å². The van der Waals surface area contributed by atoms with Crippen LogP contribution in [0.3, 0.4) is 0 Å². The topological polar surface area (TPSA) is 29.9 Å². The van der Waals surface area contributed by atoms with Crippen molar-refractivity contribution in [1.82, 2.24) is 9.78 Å². The summed E-state index contributed by atoms with van der Waals surface area (Å²) in [7, 11) is 3.85. The molecule has 0 bridgehead atoms. The highest BCUT2D eigenvalue weighted by atomic mass is 15.3. The van der Waals surface area contributed by atoms with Gasteiger partial charge in [-0.15, -0.1) is 0 Å². The zero-order valence-electron chi connectivity index (χ0n) is 10.2. The Bertz CT molecular complexity index is 512. The second-order valence-corrected chi connectivity index (χ2v) is 4.09. The van der Waals surface area contributed by atoms with Gasteiger partial charge in [0.2, 0.25) is 0 Å². The molecule has 0 amide bonds. The van der Waals surface area contributed by atoms with Gasteiger partial charge in [-0.1, -0.05) is 12.1 Å². The van der Waals surface area contributed by atoms with Crippen molar-refractivity contribution in [2.45, 2.75) is 13.8 Å². The van der Waals surface area contributed by atoms with Gasteiger partial charge in [-0.25, -0.2) is 0 Å². The van der Waals surface area contributed by atoms with Crippen molar-refractivity contribution in [3.63, 3.8) is 0 Å². The average molecular weight is 215 g/mol. The van der Waals surface area contributed by atoms with Gasteiger partial charge >= 0.3 is 0 Å². The van der Waals surface area contributed by atoms with Gasteiger partial charge in [-0.05, 0) is 31.0 Å². The van der Waals surface area contributed by atoms with Gasteiger partial charge in [0.15, 0.2) is 0 Å². The van der Waals surface area contributed by atoms with Crippen LogP contribution in [0.2, 0.25) is 0 Å². The van der Waals surface area contributed by atoms with Crippen LogP contribution in [0.25, 0.3) is 11.3 Å². The fraction of sp³-hybridized carbons (Fsp3) is 0.308. The molecule has 0 aliphatic heterocycles. The van der Waals surface area contributed by atoms with Crippen LogP contribution in [-0.2, 0) is 7.05 Å². The average Bonchev–Trinajstić information content (AvgIpc) is 2.64. The Hall–Kier alpha value is -1.77. The molecule has 0 aliphatic rings. The lowest BCUT2D eigenvalue weighted by Gasteiger charge is -2.05. The molecule has 16 heavy (non-hydrogen) atoms. The van der Waals surface area contributed by atoms with E-state index >= 15 is 0 Å². The van der Waals surface area contributed by atoms with E-state index in [-0.39, 0.29) is 0 Å². The van der Waals surface area contributed by atoms with E-state index in [0.717, 1.165) is 11.5 Å². The predicted octanol–water partition coefficient (Wildman–Crippen LogP) is 2.75. The van der Waals surface area contributed by atoms with Crippen molar-refractivity contribution < 1.29 is 0 Å². The summed E-state index contributed by atoms with van der Waals surface area (Å²) < 4.78 is 1.90. The number of nitrogens with one attached hydrogen (secondary N) is 1. The molecular weight excluding hydrogens is 198 g/mol. The maximum Gasteiger partial charge on any atom is 0.148 e. The molecule has 0 saturated heterocycles. The number of hydrogen-bond acceptors (Lipinski definition) is 2. The molecule has 1 aromatic carbocycles. The van der Waals surface area contributed by atoms with Gasteiger partial charge in [0.1, 0.15) is 5.82 Å². The standard InChI is InChI=1S/C13H17N3/c1-9-5-6-11(7-10(9)2)12-8-13(14-3)15-16(12)4/h5-8H,1-4H3,(H,14,15). The second-order valence-electron chi connectivity index (χ2n) is 4.09. The third-order valence-electron chi connectivity index (χ3n) is 2.94. The summed E-state index contributed by atoms with van der Waals surface area (Å²) in [5, 5.41) is 7.42. The van der Waals surface area contributed by atoms with E-state index in [4.69, 9.17) is 0 Å². The summed E-state index contributed by atoms with van der Waals surface area (Å²) >= 11 is 0. The zero-order chi connectivity index (χ0) is 11.7. The van der Waals surface area contributed by atoms with Crippen LogP contribution in [0.4, 0.5) is 5.82 Å². The van der Waals surface area contributed by atoms with E-state index in [2.05, 4.69) is 48.5 Å². The van der Waals surface area contributed by atoms with Crippen LogP contribution >= 0.6 is 0 Å². The number of aromatic nitrogens is 2. The SMILES string of the molecule is CNc1cc(-c2ccc(C)c(C)c2)n(C)n1. The highest BCUT2D eigenvalue weighted by Crippen LogP contribution is 2.23. The second kappa shape index (κ2) is 4.00. The van der Waals surface area contributed by atoms with E-state index in [1.165, 1.54) is 16.7 Å². The lowest BCUT2D eigenvalue weighted by atomic mass is 10.0. The molecule has 3 heteroatoms. The minimum atomic E-state index is 0.899. The molecule has 0 spiro atoms. The highest BCUT2D eigenvalue weighted by Gasteiger charge is 2.06. The molecule has 1 N–H and O–H groups in total. The third-order valence-corrected chi connectivity index (χ3v) is 2.94. The number of benzene rings is 1. The first-order valence-electron chi connectivity index (χ1n) is 5.41. The van der Waals surface area contributed by atoms with Crippen molar-refractivity contribution >= 4 is 5.82 Å². The Kier molecular flexibility index (Phi) is 2.69. The Morgan fingerprint density at radius 3 is 2.44 bits per heavy atom. The Morgan fingerprint density at radius 1 is 1.12 bits per heavy atom. The van der Waals surface area contributed by atoms with Crippen LogP contribution < -0.4 is 5.32 Å². The summed E-state index contributed by atoms with van der Waals surface area (Å²) in [5.41, 5.74) is 4.97. The molecule has 0 fully saturated rings. The van der Waals surface area contributed by atoms with Crippen LogP contribution in [0.5, 0.6) is 0 Å². The van der Waals surface area contributed by atoms with E-state index in [1.54, 1.807) is 0 Å². The van der Waals surface area contributed by atoms with Crippen LogP contribution in [0.1, 0.15) is 11.1 Å². The Balaban J connectivity index is 2.49. The van der Waals surface area contributed by atoms with Gasteiger partial charge in [-0.2, -0.15) is 5.10 Å². The lowest BCUT2D eigenvalue weighted by Crippen LogP contribution is -1.95. The molecule has 2 rings (SSSR count). The molecule has 0 atom stereocenters. The lowest BCUT2D eigenvalue weighted by molar-refractivity contribution is 0.778. The first kappa shape index (κ1) is 10.7. The summed E-state index contributed by atoms with van der Waals surface area (Å²) in [6.07, 6.45) is 0. The molecule has 0 saturated carbocycles. The third kappa shape index (κ3) is 1.81. The van der Waals surface area contributed by atoms with Crippen molar-refractivity contribution in [2.75, 3.05) is 12.4 Å². The zero-order valence-corrected chi connectivity index (χ0v) is 10.2. The molecule has 3 nitrogen and oxygen atoms in total. The number of hydrogen-bond donors (Lipinski definition) is 1. The number of aryl methyl sites for hydroxylation is 3. The number of nitrogens with zero attached hydrogens (tertiary/aromatic N) is 2. The molecule has 1 aromatic heterocycles. The monoisotopic (exact) mass is 215 g/mol. The quantitative estimate of drug-likeness (QED) is 0.834. The van der Waals surface area contributed by atoms with Crippen molar-refractivity contribution in [3.05, 3.63) is 35.4 Å². The van der Waals surface area contributed by atoms with Crippen LogP contribution in [0.15, 0.2) is 24.3 Å². The number of anilines is 1. The molecule has 1 heterocycles. The van der Waals surface area contributed by atoms with Crippen LogP contribution in [0, 0.1) is 13.8 Å². The van der Waals surface area contributed by atoms with Gasteiger partial charge in [0.05, 0.1) is 5.69 Å². The fourth-order valence-electron chi connectivity index (χ4n) is 1.76. The van der Waals surface area contributed by atoms with Gasteiger partial charge in [-0.3, -0.25) is 4.68 Å². The Morgan fingerprint density at radius 2 is 1.88 bits per heavy atom. The van der Waals surface area contributed by atoms with Crippen molar-refractivity contribution in [2.24, 2.45) is 7.05 Å². The van der Waals surface area contributed by atoms with Crippen molar-refractivity contribution in [1.29, 1.82) is 0 Å². The first-order chi connectivity index (χ1) is 7.61. The van der Waals surface area contributed by atoms with Gasteiger partial charge in [0.25, 0.3) is 0 Å². The fourth-order valence-corrected chi connectivity index (χ4v) is 1.76. The largest absolute Gasteiger partial charge is 0.372 e. The maximum absolute atomic E-state index is 4.36. The maximum atomic E-state index is 4.36. The molecule has 0 aliphatic carbocycles. The molecule has 84 valence electrons. The minimum Gasteiger partial charge on any atom is -0.372 e. The molecule has 2 aromatic rings. The summed E-state index contributed by atoms with van der Waals surface area (Å²) in [6.45, 7) is 4.26. The summed E-state index contributed by atoms with van der Waals surface area (Å²) in [5.74, 6) is 0.899. The van der Waals surface area contributed by atoms with Crippen LogP contribution in [-0.4, -0.2) is 16.8 Å². The van der Waals surface area contributed by atoms with E-state index < -0.39 is 0 Å². The molecular formula is C13H17N3. The van der Waals surface area contributed by atoms with E-state index in [9.17, 15) is 0 Å². The van der Waals surface area contributed by atoms with E-state index in [1.807, 2.05) is 18.8 Å². The first-order valence-corrected chi connectivity index (χ1v) is 5.41. The van der Waals surface area contributed by atoms with E-state index in [0.29, 0.717) is 0 Å². The smallest absolute Gasteiger partial charge is 0.148 e. The highest BCUT2D eigenvalue weighted by molar-refractivity contribution is 5.64. The Labute approximate surface area is 96.1 Å². The normalized spacial score (nSPS) is 10.5. The summed E-state index contributed by atoms with van der Waals surface area (Å²) in [4.78, 5) is 0. The summed E-state index contributed by atoms with van der Waals surface area (Å²) in [6, 6.07) is 8.55.